The Morgan fingerprint density at radius 3 is 2.61 bits per heavy atom. The zero-order chi connectivity index (χ0) is 13.9. The van der Waals surface area contributed by atoms with E-state index in [0.717, 1.165) is 5.69 Å². The van der Waals surface area contributed by atoms with Gasteiger partial charge in [0.05, 0.1) is 22.7 Å². The van der Waals surface area contributed by atoms with Crippen molar-refractivity contribution in [2.45, 2.75) is 26.8 Å². The van der Waals surface area contributed by atoms with Crippen molar-refractivity contribution in [2.24, 2.45) is 0 Å². The van der Waals surface area contributed by atoms with Crippen LogP contribution >= 0.6 is 0 Å². The summed E-state index contributed by atoms with van der Waals surface area (Å²) in [6.07, 6.45) is 1.19. The molecule has 1 unspecified atom stereocenters. The smallest absolute Gasteiger partial charge is 0.149 e. The lowest BCUT2D eigenvalue weighted by Gasteiger charge is -2.16. The standard InChI is InChI=1S/C12H17N3O2S/c1-8-5-12(11(6-13)10(3)14-8)15-9(2)7-18(4,16)17/h5,9H,7H2,1-4H3,(H,14,15). The normalized spacial score (nSPS) is 12.8. The van der Waals surface area contributed by atoms with E-state index in [9.17, 15) is 8.42 Å². The van der Waals surface area contributed by atoms with Crippen molar-refractivity contribution in [2.75, 3.05) is 17.3 Å². The molecule has 0 aliphatic heterocycles. The van der Waals surface area contributed by atoms with E-state index in [2.05, 4.69) is 16.4 Å². The topological polar surface area (TPSA) is 82.9 Å². The fraction of sp³-hybridized carbons (Fsp3) is 0.500. The fourth-order valence-electron chi connectivity index (χ4n) is 1.84. The number of aryl methyl sites for hydroxylation is 2. The Morgan fingerprint density at radius 1 is 1.50 bits per heavy atom. The molecule has 1 heterocycles. The molecule has 0 saturated heterocycles. The molecule has 6 heteroatoms. The molecule has 1 aromatic heterocycles. The number of nitrogens with zero attached hydrogens (tertiary/aromatic N) is 2. The molecule has 0 fully saturated rings. The number of pyridine rings is 1. The van der Waals surface area contributed by atoms with Gasteiger partial charge in [0.1, 0.15) is 15.9 Å². The van der Waals surface area contributed by atoms with Crippen LogP contribution in [-0.2, 0) is 9.84 Å². The molecule has 1 N–H and O–H groups in total. The Labute approximate surface area is 108 Å². The van der Waals surface area contributed by atoms with Crippen molar-refractivity contribution < 1.29 is 8.42 Å². The van der Waals surface area contributed by atoms with Crippen LogP contribution in [0.2, 0.25) is 0 Å². The third-order valence-electron chi connectivity index (χ3n) is 2.39. The Hall–Kier alpha value is -1.61. The van der Waals surface area contributed by atoms with Crippen LogP contribution in [0, 0.1) is 25.2 Å². The lowest BCUT2D eigenvalue weighted by Crippen LogP contribution is -2.25. The molecule has 98 valence electrons. The number of nitriles is 1. The van der Waals surface area contributed by atoms with Gasteiger partial charge in [0.15, 0.2) is 0 Å². The van der Waals surface area contributed by atoms with Gasteiger partial charge < -0.3 is 5.32 Å². The number of hydrogen-bond donors (Lipinski definition) is 1. The van der Waals surface area contributed by atoms with E-state index >= 15 is 0 Å². The highest BCUT2D eigenvalue weighted by atomic mass is 32.2. The molecule has 1 rings (SSSR count). The highest BCUT2D eigenvalue weighted by molar-refractivity contribution is 7.90. The van der Waals surface area contributed by atoms with Gasteiger partial charge in [-0.25, -0.2) is 8.42 Å². The minimum Gasteiger partial charge on any atom is -0.380 e. The second-order valence-electron chi connectivity index (χ2n) is 4.52. The van der Waals surface area contributed by atoms with Gasteiger partial charge in [0.25, 0.3) is 0 Å². The first-order valence-corrected chi connectivity index (χ1v) is 7.61. The molecule has 1 atom stereocenters. The molecular weight excluding hydrogens is 250 g/mol. The summed E-state index contributed by atoms with van der Waals surface area (Å²) in [6.45, 7) is 5.37. The molecule has 1 aromatic rings. The minimum absolute atomic E-state index is 0.0261. The summed E-state index contributed by atoms with van der Waals surface area (Å²) in [4.78, 5) is 4.21. The highest BCUT2D eigenvalue weighted by Gasteiger charge is 2.14. The van der Waals surface area contributed by atoms with Crippen LogP contribution in [-0.4, -0.2) is 31.5 Å². The molecule has 0 spiro atoms. The molecule has 0 aromatic carbocycles. The maximum atomic E-state index is 11.2. The van der Waals surface area contributed by atoms with Gasteiger partial charge >= 0.3 is 0 Å². The number of rotatable bonds is 4. The van der Waals surface area contributed by atoms with E-state index in [1.54, 1.807) is 19.9 Å². The predicted octanol–water partition coefficient (Wildman–Crippen LogP) is 1.42. The molecule has 18 heavy (non-hydrogen) atoms. The van der Waals surface area contributed by atoms with E-state index < -0.39 is 9.84 Å². The van der Waals surface area contributed by atoms with Crippen molar-refractivity contribution in [1.29, 1.82) is 5.26 Å². The summed E-state index contributed by atoms with van der Waals surface area (Å²) in [5.41, 5.74) is 2.53. The molecule has 5 nitrogen and oxygen atoms in total. The maximum Gasteiger partial charge on any atom is 0.149 e. The molecule has 0 saturated carbocycles. The SMILES string of the molecule is Cc1cc(NC(C)CS(C)(=O)=O)c(C#N)c(C)n1. The molecular formula is C12H17N3O2S. The van der Waals surface area contributed by atoms with Crippen molar-refractivity contribution in [3.8, 4) is 6.07 Å². The first-order chi connectivity index (χ1) is 8.23. The number of nitrogens with one attached hydrogen (secondary N) is 1. The molecule has 0 bridgehead atoms. The van der Waals surface area contributed by atoms with Crippen LogP contribution in [0.5, 0.6) is 0 Å². The molecule has 0 amide bonds. The largest absolute Gasteiger partial charge is 0.380 e. The Kier molecular flexibility index (Phi) is 4.30. The van der Waals surface area contributed by atoms with Crippen LogP contribution in [0.4, 0.5) is 5.69 Å². The Balaban J connectivity index is 3.01. The quantitative estimate of drug-likeness (QED) is 0.892. The van der Waals surface area contributed by atoms with Crippen molar-refractivity contribution in [1.82, 2.24) is 4.98 Å². The fourth-order valence-corrected chi connectivity index (χ4v) is 2.84. The number of aromatic nitrogens is 1. The van der Waals surface area contributed by atoms with Gasteiger partial charge in [-0.3, -0.25) is 4.98 Å². The van der Waals surface area contributed by atoms with Gasteiger partial charge in [0.2, 0.25) is 0 Å². The van der Waals surface area contributed by atoms with Crippen LogP contribution < -0.4 is 5.32 Å². The summed E-state index contributed by atoms with van der Waals surface area (Å²) in [7, 11) is -3.04. The van der Waals surface area contributed by atoms with Crippen LogP contribution in [0.15, 0.2) is 6.07 Å². The van der Waals surface area contributed by atoms with Gasteiger partial charge in [-0.05, 0) is 26.8 Å². The van der Waals surface area contributed by atoms with E-state index in [0.29, 0.717) is 16.9 Å². The molecule has 0 aliphatic rings. The number of anilines is 1. The zero-order valence-corrected chi connectivity index (χ0v) is 11.8. The summed E-state index contributed by atoms with van der Waals surface area (Å²) in [5, 5.41) is 12.1. The number of sulfone groups is 1. The lowest BCUT2D eigenvalue weighted by atomic mass is 10.1. The maximum absolute atomic E-state index is 11.2. The third-order valence-corrected chi connectivity index (χ3v) is 3.50. The number of hydrogen-bond acceptors (Lipinski definition) is 5. The minimum atomic E-state index is -3.04. The van der Waals surface area contributed by atoms with Crippen LogP contribution in [0.1, 0.15) is 23.9 Å². The average molecular weight is 267 g/mol. The highest BCUT2D eigenvalue weighted by Crippen LogP contribution is 2.19. The van der Waals surface area contributed by atoms with E-state index in [4.69, 9.17) is 5.26 Å². The predicted molar refractivity (Wildman–Crippen MR) is 71.2 cm³/mol. The lowest BCUT2D eigenvalue weighted by molar-refractivity contribution is 0.598. The van der Waals surface area contributed by atoms with Gasteiger partial charge in [-0.1, -0.05) is 0 Å². The second kappa shape index (κ2) is 5.36. The molecule has 0 aliphatic carbocycles. The van der Waals surface area contributed by atoms with Crippen LogP contribution in [0.3, 0.4) is 0 Å². The zero-order valence-electron chi connectivity index (χ0n) is 11.0. The Bertz CT molecular complexity index is 588. The third kappa shape index (κ3) is 4.00. The van der Waals surface area contributed by atoms with Crippen molar-refractivity contribution in [3.63, 3.8) is 0 Å². The summed E-state index contributed by atoms with van der Waals surface area (Å²) in [6, 6.07) is 3.58. The van der Waals surface area contributed by atoms with Crippen molar-refractivity contribution in [3.05, 3.63) is 23.0 Å². The van der Waals surface area contributed by atoms with Crippen molar-refractivity contribution >= 4 is 15.5 Å². The van der Waals surface area contributed by atoms with E-state index in [1.165, 1.54) is 6.26 Å². The summed E-state index contributed by atoms with van der Waals surface area (Å²) < 4.78 is 22.4. The van der Waals surface area contributed by atoms with E-state index in [-0.39, 0.29) is 11.8 Å². The first kappa shape index (κ1) is 14.5. The molecule has 0 radical (unpaired) electrons. The van der Waals surface area contributed by atoms with Crippen LogP contribution in [0.25, 0.3) is 0 Å². The van der Waals surface area contributed by atoms with Gasteiger partial charge in [-0.15, -0.1) is 0 Å². The van der Waals surface area contributed by atoms with E-state index in [1.807, 2.05) is 6.92 Å². The summed E-state index contributed by atoms with van der Waals surface area (Å²) in [5.74, 6) is 0.0261. The Morgan fingerprint density at radius 2 is 2.11 bits per heavy atom. The average Bonchev–Trinajstić information content (AvgIpc) is 2.13. The summed E-state index contributed by atoms with van der Waals surface area (Å²) >= 11 is 0. The van der Waals surface area contributed by atoms with Gasteiger partial charge in [0, 0.05) is 18.0 Å². The first-order valence-electron chi connectivity index (χ1n) is 5.55. The van der Waals surface area contributed by atoms with Gasteiger partial charge in [-0.2, -0.15) is 5.26 Å². The second-order valence-corrected chi connectivity index (χ2v) is 6.71. The monoisotopic (exact) mass is 267 g/mol.